The number of benzene rings is 3. The van der Waals surface area contributed by atoms with E-state index in [-0.39, 0.29) is 16.6 Å². The number of para-hydroxylation sites is 1. The van der Waals surface area contributed by atoms with Crippen LogP contribution in [0.3, 0.4) is 0 Å². The first-order chi connectivity index (χ1) is 18.8. The Morgan fingerprint density at radius 3 is 2.67 bits per heavy atom. The lowest BCUT2D eigenvalue weighted by Crippen LogP contribution is -2.20. The van der Waals surface area contributed by atoms with E-state index in [1.807, 2.05) is 24.3 Å². The Bertz CT molecular complexity index is 1640. The number of hydrogen-bond donors (Lipinski definition) is 2. The number of ether oxygens (including phenoxy) is 1. The summed E-state index contributed by atoms with van der Waals surface area (Å²) in [5.74, 6) is 0.423. The van der Waals surface area contributed by atoms with Gasteiger partial charge in [0.15, 0.2) is 11.0 Å². The van der Waals surface area contributed by atoms with Crippen molar-refractivity contribution in [2.75, 3.05) is 12.9 Å². The highest BCUT2D eigenvalue weighted by atomic mass is 32.2. The lowest BCUT2D eigenvalue weighted by Gasteiger charge is -2.13. The van der Waals surface area contributed by atoms with E-state index in [1.165, 1.54) is 30.0 Å². The van der Waals surface area contributed by atoms with Crippen molar-refractivity contribution < 1.29 is 22.7 Å². The Labute approximate surface area is 224 Å². The molecule has 3 aromatic carbocycles. The Hall–Kier alpha value is -4.58. The number of aromatic nitrogens is 4. The second-order valence-electron chi connectivity index (χ2n) is 8.29. The molecule has 2 N–H and O–H groups in total. The number of aromatic amines is 1. The van der Waals surface area contributed by atoms with E-state index in [4.69, 9.17) is 4.74 Å². The van der Waals surface area contributed by atoms with Gasteiger partial charge in [-0.1, -0.05) is 36.0 Å². The average Bonchev–Trinajstić information content (AvgIpc) is 3.56. The zero-order chi connectivity index (χ0) is 27.4. The van der Waals surface area contributed by atoms with Crippen molar-refractivity contribution in [1.29, 1.82) is 0 Å². The number of thioether (sulfide) groups is 1. The van der Waals surface area contributed by atoms with Gasteiger partial charge in [-0.3, -0.25) is 9.36 Å². The standard InChI is InChI=1S/C27H21F3N6O2S/c1-38-21-11-9-17(10-12-21)25-34-35-26(36(25)20-6-4-5-19(13-20)27(28,29)30)39-16-24(37)33-32-15-18-14-31-23-8-3-2-7-22(18)23/h2-15,31H,16H2,1H3,(H,33,37). The molecule has 5 rings (SSSR count). The molecule has 0 saturated carbocycles. The fourth-order valence-electron chi connectivity index (χ4n) is 3.88. The normalized spacial score (nSPS) is 11.8. The Morgan fingerprint density at radius 1 is 1.10 bits per heavy atom. The highest BCUT2D eigenvalue weighted by Crippen LogP contribution is 2.33. The fraction of sp³-hybridized carbons (Fsp3) is 0.111. The molecule has 39 heavy (non-hydrogen) atoms. The SMILES string of the molecule is COc1ccc(-c2nnc(SCC(=O)NN=Cc3c[nH]c4ccccc34)n2-c2cccc(C(F)(F)F)c2)cc1. The molecule has 0 atom stereocenters. The van der Waals surface area contributed by atoms with Crippen molar-refractivity contribution in [3.8, 4) is 22.8 Å². The van der Waals surface area contributed by atoms with Crippen molar-refractivity contribution >= 4 is 34.8 Å². The van der Waals surface area contributed by atoms with Crippen LogP contribution in [0.25, 0.3) is 28.0 Å². The van der Waals surface area contributed by atoms with Gasteiger partial charge in [0.2, 0.25) is 0 Å². The summed E-state index contributed by atoms with van der Waals surface area (Å²) in [6, 6.07) is 19.4. The quantitative estimate of drug-likeness (QED) is 0.147. The van der Waals surface area contributed by atoms with Gasteiger partial charge in [0.25, 0.3) is 5.91 Å². The molecule has 198 valence electrons. The molecule has 2 heterocycles. The molecule has 0 bridgehead atoms. The predicted molar refractivity (Wildman–Crippen MR) is 143 cm³/mol. The summed E-state index contributed by atoms with van der Waals surface area (Å²) in [5.41, 5.74) is 4.24. The summed E-state index contributed by atoms with van der Waals surface area (Å²) < 4.78 is 47.0. The van der Waals surface area contributed by atoms with E-state index in [0.29, 0.717) is 17.1 Å². The molecule has 0 aliphatic rings. The Balaban J connectivity index is 1.37. The van der Waals surface area contributed by atoms with Crippen LogP contribution in [0.4, 0.5) is 13.2 Å². The number of halogens is 3. The van der Waals surface area contributed by atoms with Crippen LogP contribution in [-0.4, -0.2) is 44.7 Å². The van der Waals surface area contributed by atoms with E-state index in [1.54, 1.807) is 30.5 Å². The predicted octanol–water partition coefficient (Wildman–Crippen LogP) is 5.69. The van der Waals surface area contributed by atoms with Crippen LogP contribution >= 0.6 is 11.8 Å². The number of nitrogens with one attached hydrogen (secondary N) is 2. The average molecular weight is 551 g/mol. The molecular weight excluding hydrogens is 529 g/mol. The maximum absolute atomic E-state index is 13.4. The van der Waals surface area contributed by atoms with Gasteiger partial charge in [0.05, 0.1) is 30.3 Å². The van der Waals surface area contributed by atoms with E-state index in [2.05, 4.69) is 25.7 Å². The fourth-order valence-corrected chi connectivity index (χ4v) is 4.63. The molecule has 0 aliphatic carbocycles. The van der Waals surface area contributed by atoms with E-state index in [0.717, 1.165) is 40.4 Å². The van der Waals surface area contributed by atoms with Crippen LogP contribution < -0.4 is 10.2 Å². The molecule has 2 aromatic heterocycles. The lowest BCUT2D eigenvalue weighted by atomic mass is 10.1. The van der Waals surface area contributed by atoms with Crippen LogP contribution in [-0.2, 0) is 11.0 Å². The lowest BCUT2D eigenvalue weighted by molar-refractivity contribution is -0.137. The number of carbonyl (C=O) groups excluding carboxylic acids is 1. The minimum absolute atomic E-state index is 0.0923. The van der Waals surface area contributed by atoms with Crippen LogP contribution in [0.15, 0.2) is 89.3 Å². The molecule has 0 spiro atoms. The third-order valence-electron chi connectivity index (χ3n) is 5.76. The third kappa shape index (κ3) is 5.80. The molecule has 5 aromatic rings. The molecule has 0 saturated heterocycles. The van der Waals surface area contributed by atoms with E-state index in [9.17, 15) is 18.0 Å². The summed E-state index contributed by atoms with van der Waals surface area (Å²) in [6.45, 7) is 0. The second kappa shape index (κ2) is 11.0. The van der Waals surface area contributed by atoms with Gasteiger partial charge in [-0.05, 0) is 48.5 Å². The summed E-state index contributed by atoms with van der Waals surface area (Å²) in [7, 11) is 1.53. The molecular formula is C27H21F3N6O2S. The number of fused-ring (bicyclic) bond motifs is 1. The summed E-state index contributed by atoms with van der Waals surface area (Å²) in [6.07, 6.45) is -1.21. The van der Waals surface area contributed by atoms with Gasteiger partial charge >= 0.3 is 6.18 Å². The first-order valence-electron chi connectivity index (χ1n) is 11.6. The van der Waals surface area contributed by atoms with E-state index < -0.39 is 17.6 Å². The van der Waals surface area contributed by atoms with Gasteiger partial charge < -0.3 is 9.72 Å². The highest BCUT2D eigenvalue weighted by Gasteiger charge is 2.31. The number of rotatable bonds is 8. The minimum atomic E-state index is -4.53. The summed E-state index contributed by atoms with van der Waals surface area (Å²) in [4.78, 5) is 15.6. The Kier molecular flexibility index (Phi) is 7.37. The van der Waals surface area contributed by atoms with E-state index >= 15 is 0 Å². The Morgan fingerprint density at radius 2 is 1.90 bits per heavy atom. The van der Waals surface area contributed by atoms with Crippen LogP contribution in [0.1, 0.15) is 11.1 Å². The minimum Gasteiger partial charge on any atom is -0.497 e. The second-order valence-corrected chi connectivity index (χ2v) is 9.23. The van der Waals surface area contributed by atoms with Gasteiger partial charge in [0.1, 0.15) is 5.75 Å². The zero-order valence-corrected chi connectivity index (χ0v) is 21.3. The number of H-pyrrole nitrogens is 1. The maximum Gasteiger partial charge on any atom is 0.416 e. The third-order valence-corrected chi connectivity index (χ3v) is 6.69. The number of hydrogen-bond acceptors (Lipinski definition) is 6. The number of hydrazone groups is 1. The molecule has 0 aliphatic heterocycles. The van der Waals surface area contributed by atoms with Crippen molar-refractivity contribution in [2.45, 2.75) is 11.3 Å². The van der Waals surface area contributed by atoms with Gasteiger partial charge in [0, 0.05) is 28.2 Å². The molecule has 0 fully saturated rings. The topological polar surface area (TPSA) is 97.2 Å². The smallest absolute Gasteiger partial charge is 0.416 e. The first-order valence-corrected chi connectivity index (χ1v) is 12.6. The monoisotopic (exact) mass is 550 g/mol. The summed E-state index contributed by atoms with van der Waals surface area (Å²) >= 11 is 1.03. The molecule has 0 unspecified atom stereocenters. The number of amides is 1. The number of alkyl halides is 3. The van der Waals surface area contributed by atoms with Gasteiger partial charge in [-0.2, -0.15) is 18.3 Å². The van der Waals surface area contributed by atoms with Crippen LogP contribution in [0.2, 0.25) is 0 Å². The molecule has 1 amide bonds. The van der Waals surface area contributed by atoms with Crippen LogP contribution in [0, 0.1) is 0 Å². The molecule has 12 heteroatoms. The van der Waals surface area contributed by atoms with Gasteiger partial charge in [-0.15, -0.1) is 10.2 Å². The number of carbonyl (C=O) groups is 1. The maximum atomic E-state index is 13.4. The largest absolute Gasteiger partial charge is 0.497 e. The summed E-state index contributed by atoms with van der Waals surface area (Å²) in [5, 5.41) is 13.6. The highest BCUT2D eigenvalue weighted by molar-refractivity contribution is 7.99. The van der Waals surface area contributed by atoms with Crippen molar-refractivity contribution in [3.05, 3.63) is 90.1 Å². The van der Waals surface area contributed by atoms with Crippen molar-refractivity contribution in [3.63, 3.8) is 0 Å². The van der Waals surface area contributed by atoms with Crippen molar-refractivity contribution in [1.82, 2.24) is 25.2 Å². The zero-order valence-electron chi connectivity index (χ0n) is 20.4. The molecule has 0 radical (unpaired) electrons. The number of nitrogens with zero attached hydrogens (tertiary/aromatic N) is 4. The first kappa shape index (κ1) is 26.0. The van der Waals surface area contributed by atoms with Crippen molar-refractivity contribution in [2.24, 2.45) is 5.10 Å². The molecule has 8 nitrogen and oxygen atoms in total. The van der Waals surface area contributed by atoms with Crippen LogP contribution in [0.5, 0.6) is 5.75 Å². The van der Waals surface area contributed by atoms with Gasteiger partial charge in [-0.25, -0.2) is 5.43 Å². The number of methoxy groups -OCH3 is 1.